The summed E-state index contributed by atoms with van der Waals surface area (Å²) < 4.78 is 0.757. The van der Waals surface area contributed by atoms with Gasteiger partial charge in [-0.2, -0.15) is 11.8 Å². The molecule has 18 heavy (non-hydrogen) atoms. The molecule has 2 N–H and O–H groups in total. The number of phenolic OH excluding ortho intramolecular Hbond substituents is 1. The number of aromatic hydroxyl groups is 1. The summed E-state index contributed by atoms with van der Waals surface area (Å²) >= 11 is 3.91. The lowest BCUT2D eigenvalue weighted by molar-refractivity contribution is 0.0937. The van der Waals surface area contributed by atoms with Gasteiger partial charge in [0.25, 0.3) is 5.91 Å². The van der Waals surface area contributed by atoms with Crippen molar-refractivity contribution >= 4 is 40.3 Å². The number of hydrogen-bond acceptors (Lipinski definition) is 3. The van der Waals surface area contributed by atoms with E-state index in [1.54, 1.807) is 12.1 Å². The number of nitrogens with one attached hydrogen (secondary N) is 1. The molecule has 1 fully saturated rings. The molecule has 2 rings (SSSR count). The Hall–Kier alpha value is -0.430. The standard InChI is InChI=1S/C13H16INO2S/c1-18-10-4-3-9(7-10)15-13(17)8-2-5-11(14)12(16)6-8/h2,5-6,9-10,16H,3-4,7H2,1H3,(H,15,17). The summed E-state index contributed by atoms with van der Waals surface area (Å²) in [6.07, 6.45) is 5.38. The second-order valence-corrected chi connectivity index (χ2v) is 6.81. The normalized spacial score (nSPS) is 23.0. The molecule has 0 radical (unpaired) electrons. The van der Waals surface area contributed by atoms with E-state index in [1.165, 1.54) is 12.5 Å². The number of rotatable bonds is 3. The number of thioether (sulfide) groups is 1. The van der Waals surface area contributed by atoms with Crippen LogP contribution in [0.15, 0.2) is 18.2 Å². The molecule has 0 spiro atoms. The summed E-state index contributed by atoms with van der Waals surface area (Å²) in [6, 6.07) is 5.30. The minimum atomic E-state index is -0.0894. The summed E-state index contributed by atoms with van der Waals surface area (Å²) in [5.74, 6) is 0.0742. The van der Waals surface area contributed by atoms with Crippen LogP contribution in [0.1, 0.15) is 29.6 Å². The predicted octanol–water partition coefficient (Wildman–Crippen LogP) is 3.01. The Balaban J connectivity index is 1.97. The molecular formula is C13H16INO2S. The third-order valence-electron chi connectivity index (χ3n) is 3.26. The quantitative estimate of drug-likeness (QED) is 0.797. The minimum absolute atomic E-state index is 0.0894. The summed E-state index contributed by atoms with van der Waals surface area (Å²) in [7, 11) is 0. The SMILES string of the molecule is CSC1CCC(NC(=O)c2ccc(I)c(O)c2)C1. The van der Waals surface area contributed by atoms with Gasteiger partial charge in [0.05, 0.1) is 3.57 Å². The third kappa shape index (κ3) is 3.32. The van der Waals surface area contributed by atoms with E-state index < -0.39 is 0 Å². The number of hydrogen-bond donors (Lipinski definition) is 2. The van der Waals surface area contributed by atoms with Crippen LogP contribution in [0.2, 0.25) is 0 Å². The molecule has 1 aromatic rings. The van der Waals surface area contributed by atoms with Crippen LogP contribution in [0.3, 0.4) is 0 Å². The summed E-state index contributed by atoms with van der Waals surface area (Å²) in [5, 5.41) is 13.3. The highest BCUT2D eigenvalue weighted by Gasteiger charge is 2.25. The average Bonchev–Trinajstić information content (AvgIpc) is 2.80. The summed E-state index contributed by atoms with van der Waals surface area (Å²) in [6.45, 7) is 0. The van der Waals surface area contributed by atoms with Crippen LogP contribution in [0, 0.1) is 3.57 Å². The Bertz CT molecular complexity index is 453. The van der Waals surface area contributed by atoms with Crippen LogP contribution < -0.4 is 5.32 Å². The van der Waals surface area contributed by atoms with E-state index in [1.807, 2.05) is 34.4 Å². The summed E-state index contributed by atoms with van der Waals surface area (Å²) in [4.78, 5) is 12.0. The number of carbonyl (C=O) groups excluding carboxylic acids is 1. The largest absolute Gasteiger partial charge is 0.507 e. The van der Waals surface area contributed by atoms with Crippen molar-refractivity contribution in [2.24, 2.45) is 0 Å². The maximum atomic E-state index is 12.0. The molecule has 0 bridgehead atoms. The molecular weight excluding hydrogens is 361 g/mol. The molecule has 1 saturated carbocycles. The Morgan fingerprint density at radius 1 is 1.50 bits per heavy atom. The van der Waals surface area contributed by atoms with Crippen molar-refractivity contribution in [2.75, 3.05) is 6.26 Å². The van der Waals surface area contributed by atoms with Crippen LogP contribution in [0.5, 0.6) is 5.75 Å². The Labute approximate surface area is 125 Å². The second kappa shape index (κ2) is 6.14. The van der Waals surface area contributed by atoms with Gasteiger partial charge in [0, 0.05) is 16.9 Å². The highest BCUT2D eigenvalue weighted by Crippen LogP contribution is 2.28. The number of amides is 1. The van der Waals surface area contributed by atoms with E-state index >= 15 is 0 Å². The minimum Gasteiger partial charge on any atom is -0.507 e. The number of benzene rings is 1. The highest BCUT2D eigenvalue weighted by atomic mass is 127. The van der Waals surface area contributed by atoms with Gasteiger partial charge in [-0.05, 0) is 66.3 Å². The first-order chi connectivity index (χ1) is 8.60. The van der Waals surface area contributed by atoms with Gasteiger partial charge in [-0.1, -0.05) is 0 Å². The maximum absolute atomic E-state index is 12.0. The van der Waals surface area contributed by atoms with Gasteiger partial charge in [-0.3, -0.25) is 4.79 Å². The first-order valence-corrected chi connectivity index (χ1v) is 8.29. The first-order valence-electron chi connectivity index (χ1n) is 5.92. The molecule has 1 aliphatic rings. The van der Waals surface area contributed by atoms with Gasteiger partial charge in [-0.15, -0.1) is 0 Å². The molecule has 0 heterocycles. The van der Waals surface area contributed by atoms with Crippen LogP contribution in [-0.4, -0.2) is 28.6 Å². The van der Waals surface area contributed by atoms with Crippen molar-refractivity contribution < 1.29 is 9.90 Å². The molecule has 0 aromatic heterocycles. The van der Waals surface area contributed by atoms with Gasteiger partial charge >= 0.3 is 0 Å². The van der Waals surface area contributed by atoms with E-state index in [-0.39, 0.29) is 17.7 Å². The molecule has 3 nitrogen and oxygen atoms in total. The van der Waals surface area contributed by atoms with E-state index in [2.05, 4.69) is 11.6 Å². The lowest BCUT2D eigenvalue weighted by Crippen LogP contribution is -2.33. The van der Waals surface area contributed by atoms with Crippen molar-refractivity contribution in [1.82, 2.24) is 5.32 Å². The Morgan fingerprint density at radius 3 is 2.89 bits per heavy atom. The molecule has 2 unspecified atom stereocenters. The number of carbonyl (C=O) groups is 1. The van der Waals surface area contributed by atoms with E-state index in [4.69, 9.17) is 0 Å². The molecule has 1 amide bonds. The fourth-order valence-electron chi connectivity index (χ4n) is 2.21. The topological polar surface area (TPSA) is 49.3 Å². The zero-order valence-corrected chi connectivity index (χ0v) is 13.1. The zero-order chi connectivity index (χ0) is 13.1. The molecule has 2 atom stereocenters. The average molecular weight is 377 g/mol. The van der Waals surface area contributed by atoms with Crippen LogP contribution in [0.4, 0.5) is 0 Å². The number of halogens is 1. The Kier molecular flexibility index (Phi) is 4.77. The van der Waals surface area contributed by atoms with Crippen molar-refractivity contribution in [2.45, 2.75) is 30.6 Å². The van der Waals surface area contributed by atoms with E-state index in [9.17, 15) is 9.90 Å². The lowest BCUT2D eigenvalue weighted by Gasteiger charge is -2.13. The van der Waals surface area contributed by atoms with Gasteiger partial charge < -0.3 is 10.4 Å². The third-order valence-corrected chi connectivity index (χ3v) is 5.27. The molecule has 0 saturated heterocycles. The van der Waals surface area contributed by atoms with Crippen LogP contribution in [-0.2, 0) is 0 Å². The number of phenols is 1. The molecule has 1 aromatic carbocycles. The van der Waals surface area contributed by atoms with Gasteiger partial charge in [0.15, 0.2) is 0 Å². The lowest BCUT2D eigenvalue weighted by atomic mass is 10.1. The second-order valence-electron chi connectivity index (χ2n) is 4.51. The van der Waals surface area contributed by atoms with E-state index in [0.717, 1.165) is 16.4 Å². The predicted molar refractivity (Wildman–Crippen MR) is 83.2 cm³/mol. The summed E-state index contributed by atoms with van der Waals surface area (Å²) in [5.41, 5.74) is 0.528. The Morgan fingerprint density at radius 2 is 2.28 bits per heavy atom. The van der Waals surface area contributed by atoms with Crippen molar-refractivity contribution in [3.05, 3.63) is 27.3 Å². The smallest absolute Gasteiger partial charge is 0.251 e. The zero-order valence-electron chi connectivity index (χ0n) is 10.1. The van der Waals surface area contributed by atoms with Crippen LogP contribution >= 0.6 is 34.4 Å². The highest BCUT2D eigenvalue weighted by molar-refractivity contribution is 14.1. The fraction of sp³-hybridized carbons (Fsp3) is 0.462. The van der Waals surface area contributed by atoms with Crippen molar-refractivity contribution in [3.63, 3.8) is 0 Å². The maximum Gasteiger partial charge on any atom is 0.251 e. The van der Waals surface area contributed by atoms with Crippen molar-refractivity contribution in [3.8, 4) is 5.75 Å². The molecule has 0 aliphatic heterocycles. The molecule has 5 heteroatoms. The van der Waals surface area contributed by atoms with Gasteiger partial charge in [0.2, 0.25) is 0 Å². The van der Waals surface area contributed by atoms with Gasteiger partial charge in [0.1, 0.15) is 5.75 Å². The van der Waals surface area contributed by atoms with Crippen molar-refractivity contribution in [1.29, 1.82) is 0 Å². The molecule has 98 valence electrons. The molecule has 1 aliphatic carbocycles. The monoisotopic (exact) mass is 377 g/mol. The first kappa shape index (κ1) is 14.0. The van der Waals surface area contributed by atoms with Gasteiger partial charge in [-0.25, -0.2) is 0 Å². The van der Waals surface area contributed by atoms with E-state index in [0.29, 0.717) is 10.8 Å². The fourth-order valence-corrected chi connectivity index (χ4v) is 3.34. The van der Waals surface area contributed by atoms with Crippen LogP contribution in [0.25, 0.3) is 0 Å².